The number of esters is 1. The Bertz CT molecular complexity index is 827. The number of carbonyl (C=O) groups excluding carboxylic acids is 2. The van der Waals surface area contributed by atoms with Gasteiger partial charge in [0.15, 0.2) is 0 Å². The standard InChI is InChI=1S/C17H13NO4S2/c1-2-18-15(19)14(24-17(18)23)10-11-5-3-6-12(9-11)22-16(20)13-7-4-8-21-13/h3-10H,2H2,1H3/b14-10-. The van der Waals surface area contributed by atoms with Gasteiger partial charge in [0.1, 0.15) is 10.1 Å². The first-order valence-electron chi connectivity index (χ1n) is 7.19. The van der Waals surface area contributed by atoms with Gasteiger partial charge in [-0.05, 0) is 42.8 Å². The summed E-state index contributed by atoms with van der Waals surface area (Å²) in [6.07, 6.45) is 3.14. The molecule has 0 atom stereocenters. The normalized spacial score (nSPS) is 16.0. The number of amides is 1. The smallest absolute Gasteiger partial charge is 0.379 e. The van der Waals surface area contributed by atoms with Gasteiger partial charge in [0.05, 0.1) is 11.2 Å². The van der Waals surface area contributed by atoms with Gasteiger partial charge >= 0.3 is 5.97 Å². The molecule has 0 spiro atoms. The van der Waals surface area contributed by atoms with E-state index in [1.165, 1.54) is 24.1 Å². The summed E-state index contributed by atoms with van der Waals surface area (Å²) in [5.41, 5.74) is 0.747. The van der Waals surface area contributed by atoms with Crippen molar-refractivity contribution >= 4 is 46.3 Å². The fraction of sp³-hybridized carbons (Fsp3) is 0.118. The van der Waals surface area contributed by atoms with Crippen LogP contribution in [0.3, 0.4) is 0 Å². The fourth-order valence-electron chi connectivity index (χ4n) is 2.14. The lowest BCUT2D eigenvalue weighted by molar-refractivity contribution is -0.121. The number of thioether (sulfide) groups is 1. The van der Waals surface area contributed by atoms with Gasteiger partial charge in [-0.25, -0.2) is 4.79 Å². The largest absolute Gasteiger partial charge is 0.457 e. The number of likely N-dealkylation sites (N-methyl/N-ethyl adjacent to an activating group) is 1. The molecule has 0 saturated carbocycles. The molecule has 1 aliphatic heterocycles. The molecule has 0 bridgehead atoms. The summed E-state index contributed by atoms with van der Waals surface area (Å²) in [6.45, 7) is 2.42. The van der Waals surface area contributed by atoms with E-state index >= 15 is 0 Å². The molecule has 1 aromatic carbocycles. The topological polar surface area (TPSA) is 59.8 Å². The van der Waals surface area contributed by atoms with Crippen molar-refractivity contribution in [1.82, 2.24) is 4.90 Å². The summed E-state index contributed by atoms with van der Waals surface area (Å²) in [5, 5.41) is 0. The highest BCUT2D eigenvalue weighted by atomic mass is 32.2. The maximum atomic E-state index is 12.2. The Morgan fingerprint density at radius 2 is 2.21 bits per heavy atom. The Balaban J connectivity index is 1.79. The van der Waals surface area contributed by atoms with Crippen molar-refractivity contribution in [1.29, 1.82) is 0 Å². The molecule has 2 aromatic rings. The quantitative estimate of drug-likeness (QED) is 0.359. The molecule has 1 fully saturated rings. The maximum Gasteiger partial charge on any atom is 0.379 e. The molecule has 0 unspecified atom stereocenters. The van der Waals surface area contributed by atoms with Gasteiger partial charge in [-0.3, -0.25) is 9.69 Å². The summed E-state index contributed by atoms with van der Waals surface area (Å²) in [6, 6.07) is 10.1. The van der Waals surface area contributed by atoms with Crippen LogP contribution in [0.15, 0.2) is 52.0 Å². The van der Waals surface area contributed by atoms with E-state index in [-0.39, 0.29) is 11.7 Å². The van der Waals surface area contributed by atoms with Gasteiger partial charge in [-0.15, -0.1) is 0 Å². The van der Waals surface area contributed by atoms with Crippen molar-refractivity contribution in [3.8, 4) is 5.75 Å². The Hall–Kier alpha value is -2.38. The minimum absolute atomic E-state index is 0.106. The van der Waals surface area contributed by atoms with Crippen LogP contribution in [0.4, 0.5) is 0 Å². The van der Waals surface area contributed by atoms with Crippen molar-refractivity contribution in [2.24, 2.45) is 0 Å². The predicted molar refractivity (Wildman–Crippen MR) is 95.7 cm³/mol. The van der Waals surface area contributed by atoms with E-state index in [9.17, 15) is 9.59 Å². The Morgan fingerprint density at radius 1 is 1.38 bits per heavy atom. The number of rotatable bonds is 4. The van der Waals surface area contributed by atoms with Crippen LogP contribution in [-0.4, -0.2) is 27.6 Å². The zero-order valence-corrected chi connectivity index (χ0v) is 14.4. The van der Waals surface area contributed by atoms with Crippen LogP contribution in [0.25, 0.3) is 6.08 Å². The SMILES string of the molecule is CCN1C(=O)/C(=C/c2cccc(OC(=O)c3ccco3)c2)SC1=S. The number of furan rings is 1. The number of carbonyl (C=O) groups is 2. The average Bonchev–Trinajstić information content (AvgIpc) is 3.17. The highest BCUT2D eigenvalue weighted by Crippen LogP contribution is 2.32. The Labute approximate surface area is 148 Å². The molecule has 0 aliphatic carbocycles. The summed E-state index contributed by atoms with van der Waals surface area (Å²) in [4.78, 5) is 26.2. The van der Waals surface area contributed by atoms with E-state index in [4.69, 9.17) is 21.4 Å². The second kappa shape index (κ2) is 7.02. The zero-order chi connectivity index (χ0) is 17.1. The van der Waals surface area contributed by atoms with Gasteiger partial charge in [-0.1, -0.05) is 36.1 Å². The first-order chi connectivity index (χ1) is 11.6. The molecule has 5 nitrogen and oxygen atoms in total. The first-order valence-corrected chi connectivity index (χ1v) is 8.42. The molecule has 0 N–H and O–H groups in total. The van der Waals surface area contributed by atoms with Crippen molar-refractivity contribution in [3.05, 3.63) is 58.9 Å². The van der Waals surface area contributed by atoms with E-state index in [1.807, 2.05) is 13.0 Å². The number of thiocarbonyl (C=S) groups is 1. The molecule has 7 heteroatoms. The van der Waals surface area contributed by atoms with Crippen molar-refractivity contribution in [2.45, 2.75) is 6.92 Å². The number of ether oxygens (including phenoxy) is 1. The van der Waals surface area contributed by atoms with Gasteiger partial charge in [0.2, 0.25) is 5.76 Å². The molecule has 1 aromatic heterocycles. The lowest BCUT2D eigenvalue weighted by Gasteiger charge is -2.09. The third-order valence-corrected chi connectivity index (χ3v) is 4.66. The maximum absolute atomic E-state index is 12.2. The second-order valence-electron chi connectivity index (χ2n) is 4.87. The van der Waals surface area contributed by atoms with Crippen LogP contribution in [0.5, 0.6) is 5.75 Å². The van der Waals surface area contributed by atoms with Gasteiger partial charge in [-0.2, -0.15) is 0 Å². The van der Waals surface area contributed by atoms with E-state index in [1.54, 1.807) is 35.2 Å². The Morgan fingerprint density at radius 3 is 2.88 bits per heavy atom. The first kappa shape index (κ1) is 16.5. The summed E-state index contributed by atoms with van der Waals surface area (Å²) in [7, 11) is 0. The highest BCUT2D eigenvalue weighted by molar-refractivity contribution is 8.26. The minimum atomic E-state index is -0.575. The van der Waals surface area contributed by atoms with Crippen molar-refractivity contribution < 1.29 is 18.7 Å². The summed E-state index contributed by atoms with van der Waals surface area (Å²) < 4.78 is 10.8. The van der Waals surface area contributed by atoms with E-state index < -0.39 is 5.97 Å². The van der Waals surface area contributed by atoms with Crippen LogP contribution in [0.2, 0.25) is 0 Å². The fourth-order valence-corrected chi connectivity index (χ4v) is 3.53. The summed E-state index contributed by atoms with van der Waals surface area (Å²) in [5.74, 6) is -0.180. The molecule has 3 rings (SSSR count). The minimum Gasteiger partial charge on any atom is -0.457 e. The van der Waals surface area contributed by atoms with Crippen LogP contribution in [0, 0.1) is 0 Å². The van der Waals surface area contributed by atoms with Gasteiger partial charge in [0, 0.05) is 6.54 Å². The van der Waals surface area contributed by atoms with Crippen molar-refractivity contribution in [2.75, 3.05) is 6.54 Å². The van der Waals surface area contributed by atoms with Gasteiger partial charge in [0.25, 0.3) is 5.91 Å². The number of nitrogens with zero attached hydrogens (tertiary/aromatic N) is 1. The lowest BCUT2D eigenvalue weighted by atomic mass is 10.2. The van der Waals surface area contributed by atoms with E-state index in [0.717, 1.165) is 5.56 Å². The third-order valence-electron chi connectivity index (χ3n) is 3.28. The van der Waals surface area contributed by atoms with Gasteiger partial charge < -0.3 is 9.15 Å². The molecule has 122 valence electrons. The van der Waals surface area contributed by atoms with E-state index in [0.29, 0.717) is 21.5 Å². The molecule has 1 amide bonds. The van der Waals surface area contributed by atoms with Crippen LogP contribution >= 0.6 is 24.0 Å². The molecule has 24 heavy (non-hydrogen) atoms. The number of hydrogen-bond acceptors (Lipinski definition) is 6. The second-order valence-corrected chi connectivity index (χ2v) is 6.54. The predicted octanol–water partition coefficient (Wildman–Crippen LogP) is 3.72. The molecule has 1 saturated heterocycles. The lowest BCUT2D eigenvalue weighted by Crippen LogP contribution is -2.27. The molecule has 1 aliphatic rings. The van der Waals surface area contributed by atoms with E-state index in [2.05, 4.69) is 0 Å². The molecule has 2 heterocycles. The molecular formula is C17H13NO4S2. The highest BCUT2D eigenvalue weighted by Gasteiger charge is 2.30. The monoisotopic (exact) mass is 359 g/mol. The van der Waals surface area contributed by atoms with Crippen LogP contribution in [-0.2, 0) is 4.79 Å². The summed E-state index contributed by atoms with van der Waals surface area (Å²) >= 11 is 6.45. The molecule has 0 radical (unpaired) electrons. The number of benzene rings is 1. The average molecular weight is 359 g/mol. The molecular weight excluding hydrogens is 346 g/mol. The zero-order valence-electron chi connectivity index (χ0n) is 12.7. The Kier molecular flexibility index (Phi) is 4.82. The number of hydrogen-bond donors (Lipinski definition) is 0. The van der Waals surface area contributed by atoms with Crippen molar-refractivity contribution in [3.63, 3.8) is 0 Å². The van der Waals surface area contributed by atoms with Crippen LogP contribution < -0.4 is 4.74 Å². The van der Waals surface area contributed by atoms with Crippen LogP contribution in [0.1, 0.15) is 23.0 Å². The third kappa shape index (κ3) is 3.42.